The van der Waals surface area contributed by atoms with Crippen molar-refractivity contribution in [3.8, 4) is 0 Å². The van der Waals surface area contributed by atoms with Crippen molar-refractivity contribution in [1.29, 1.82) is 0 Å². The van der Waals surface area contributed by atoms with Crippen LogP contribution in [0.15, 0.2) is 41.9 Å². The van der Waals surface area contributed by atoms with Crippen molar-refractivity contribution in [3.63, 3.8) is 0 Å². The van der Waals surface area contributed by atoms with Crippen LogP contribution >= 0.6 is 11.8 Å². The van der Waals surface area contributed by atoms with Crippen molar-refractivity contribution >= 4 is 23.6 Å². The molecule has 26 heavy (non-hydrogen) atoms. The van der Waals surface area contributed by atoms with Crippen molar-refractivity contribution in [3.05, 3.63) is 42.6 Å². The van der Waals surface area contributed by atoms with Gasteiger partial charge in [-0.2, -0.15) is 0 Å². The molecule has 1 fully saturated rings. The van der Waals surface area contributed by atoms with E-state index in [0.717, 1.165) is 10.7 Å². The predicted molar refractivity (Wildman–Crippen MR) is 98.4 cm³/mol. The Balaban J connectivity index is 1.54. The quantitative estimate of drug-likeness (QED) is 0.607. The highest BCUT2D eigenvalue weighted by Gasteiger charge is 2.37. The Morgan fingerprint density at radius 1 is 1.42 bits per heavy atom. The molecule has 0 saturated carbocycles. The molecule has 1 saturated heterocycles. The van der Waals surface area contributed by atoms with Gasteiger partial charge in [0.1, 0.15) is 0 Å². The van der Waals surface area contributed by atoms with Crippen molar-refractivity contribution in [1.82, 2.24) is 30.5 Å². The second kappa shape index (κ2) is 8.81. The van der Waals surface area contributed by atoms with E-state index in [0.29, 0.717) is 25.3 Å². The number of rotatable bonds is 7. The van der Waals surface area contributed by atoms with Gasteiger partial charge in [0.2, 0.25) is 11.8 Å². The van der Waals surface area contributed by atoms with E-state index >= 15 is 0 Å². The van der Waals surface area contributed by atoms with Gasteiger partial charge in [-0.1, -0.05) is 17.8 Å². The van der Waals surface area contributed by atoms with Gasteiger partial charge in [-0.25, -0.2) is 9.97 Å². The summed E-state index contributed by atoms with van der Waals surface area (Å²) in [6.45, 7) is 1.21. The minimum atomic E-state index is -0.267. The number of likely N-dealkylation sites (tertiary alicyclic amines) is 1. The molecule has 2 aromatic heterocycles. The number of hydrogen-bond acceptors (Lipinski definition) is 6. The third kappa shape index (κ3) is 4.83. The van der Waals surface area contributed by atoms with Crippen LogP contribution < -0.4 is 10.6 Å². The molecule has 0 aromatic carbocycles. The van der Waals surface area contributed by atoms with E-state index in [4.69, 9.17) is 0 Å². The highest BCUT2D eigenvalue weighted by atomic mass is 32.2. The van der Waals surface area contributed by atoms with Crippen LogP contribution in [0.5, 0.6) is 0 Å². The molecule has 0 spiro atoms. The maximum absolute atomic E-state index is 12.2. The Morgan fingerprint density at radius 2 is 2.31 bits per heavy atom. The summed E-state index contributed by atoms with van der Waals surface area (Å²) < 4.78 is 0. The molecule has 2 atom stereocenters. The molecule has 3 heterocycles. The molecule has 0 bridgehead atoms. The highest BCUT2D eigenvalue weighted by molar-refractivity contribution is 7.99. The number of H-pyrrole nitrogens is 1. The van der Waals surface area contributed by atoms with Crippen LogP contribution in [0, 0.1) is 0 Å². The molecule has 1 aliphatic heterocycles. The average Bonchev–Trinajstić information content (AvgIpc) is 3.30. The first-order chi connectivity index (χ1) is 12.7. The number of hydrogen-bond donors (Lipinski definition) is 3. The second-order valence-electron chi connectivity index (χ2n) is 6.09. The Labute approximate surface area is 156 Å². The van der Waals surface area contributed by atoms with Gasteiger partial charge in [0.25, 0.3) is 0 Å². The lowest BCUT2D eigenvalue weighted by Crippen LogP contribution is -2.41. The van der Waals surface area contributed by atoms with Gasteiger partial charge in [0.05, 0.1) is 23.1 Å². The smallest absolute Gasteiger partial charge is 0.237 e. The van der Waals surface area contributed by atoms with Gasteiger partial charge in [0, 0.05) is 44.3 Å². The van der Waals surface area contributed by atoms with E-state index in [1.165, 1.54) is 11.8 Å². The maximum atomic E-state index is 12.2. The number of imidazole rings is 1. The van der Waals surface area contributed by atoms with Gasteiger partial charge >= 0.3 is 0 Å². The molecule has 3 N–H and O–H groups in total. The second-order valence-corrected chi connectivity index (χ2v) is 7.09. The SMILES string of the molecule is CNC(=O)[C@@H]1C[C@@H](NC(=O)CSc2ccccn2)CN1Cc1cnc[nH]1. The fraction of sp³-hybridized carbons (Fsp3) is 0.412. The lowest BCUT2D eigenvalue weighted by Gasteiger charge is -2.21. The first kappa shape index (κ1) is 18.4. The van der Waals surface area contributed by atoms with Crippen molar-refractivity contribution in [2.24, 2.45) is 0 Å². The molecule has 138 valence electrons. The molecule has 9 heteroatoms. The van der Waals surface area contributed by atoms with Crippen LogP contribution in [0.2, 0.25) is 0 Å². The standard InChI is InChI=1S/C17H22N6O2S/c1-18-17(25)14-6-12(8-23(14)9-13-7-19-11-21-13)22-15(24)10-26-16-4-2-3-5-20-16/h2-5,7,11-12,14H,6,8-10H2,1H3,(H,18,25)(H,19,21)(H,22,24)/t12-,14+/m1/s1. The molecule has 2 aromatic rings. The number of thioether (sulfide) groups is 1. The molecular formula is C17H22N6O2S. The third-order valence-electron chi connectivity index (χ3n) is 4.23. The summed E-state index contributed by atoms with van der Waals surface area (Å²) in [5, 5.41) is 6.56. The van der Waals surface area contributed by atoms with E-state index < -0.39 is 0 Å². The molecule has 0 unspecified atom stereocenters. The molecule has 3 rings (SSSR count). The summed E-state index contributed by atoms with van der Waals surface area (Å²) in [5.41, 5.74) is 0.941. The summed E-state index contributed by atoms with van der Waals surface area (Å²) >= 11 is 1.40. The molecule has 0 aliphatic carbocycles. The number of pyridine rings is 1. The Morgan fingerprint density at radius 3 is 3.00 bits per heavy atom. The summed E-state index contributed by atoms with van der Waals surface area (Å²) in [6, 6.07) is 5.29. The summed E-state index contributed by atoms with van der Waals surface area (Å²) in [4.78, 5) is 37.8. The first-order valence-electron chi connectivity index (χ1n) is 8.42. The zero-order valence-corrected chi connectivity index (χ0v) is 15.3. The number of nitrogens with zero attached hydrogens (tertiary/aromatic N) is 3. The topological polar surface area (TPSA) is 103 Å². The largest absolute Gasteiger partial charge is 0.358 e. The minimum Gasteiger partial charge on any atom is -0.358 e. The average molecular weight is 374 g/mol. The Bertz CT molecular complexity index is 724. The number of nitrogens with one attached hydrogen (secondary N) is 3. The Kier molecular flexibility index (Phi) is 6.24. The lowest BCUT2D eigenvalue weighted by atomic mass is 10.1. The normalized spacial score (nSPS) is 20.0. The monoisotopic (exact) mass is 374 g/mol. The number of likely N-dealkylation sites (N-methyl/N-ethyl adjacent to an activating group) is 1. The van der Waals surface area contributed by atoms with Crippen LogP contribution in [0.1, 0.15) is 12.1 Å². The fourth-order valence-corrected chi connectivity index (χ4v) is 3.73. The summed E-state index contributed by atoms with van der Waals surface area (Å²) in [5.74, 6) is 0.215. The first-order valence-corrected chi connectivity index (χ1v) is 9.40. The van der Waals surface area contributed by atoms with E-state index in [1.54, 1.807) is 25.8 Å². The van der Waals surface area contributed by atoms with Gasteiger partial charge in [0.15, 0.2) is 0 Å². The van der Waals surface area contributed by atoms with Crippen molar-refractivity contribution in [2.75, 3.05) is 19.3 Å². The Hall–Kier alpha value is -2.39. The molecular weight excluding hydrogens is 352 g/mol. The van der Waals surface area contributed by atoms with Gasteiger partial charge < -0.3 is 15.6 Å². The van der Waals surface area contributed by atoms with Crippen LogP contribution in [0.3, 0.4) is 0 Å². The zero-order chi connectivity index (χ0) is 18.4. The molecule has 8 nitrogen and oxygen atoms in total. The molecule has 0 radical (unpaired) electrons. The molecule has 2 amide bonds. The van der Waals surface area contributed by atoms with Gasteiger partial charge in [-0.3, -0.25) is 14.5 Å². The minimum absolute atomic E-state index is 0.0378. The van der Waals surface area contributed by atoms with Crippen LogP contribution in [-0.2, 0) is 16.1 Å². The van der Waals surface area contributed by atoms with Crippen LogP contribution in [0.4, 0.5) is 0 Å². The summed E-state index contributed by atoms with van der Waals surface area (Å²) in [6.07, 6.45) is 5.66. The van der Waals surface area contributed by atoms with E-state index in [9.17, 15) is 9.59 Å². The maximum Gasteiger partial charge on any atom is 0.237 e. The fourth-order valence-electron chi connectivity index (χ4n) is 3.05. The zero-order valence-electron chi connectivity index (χ0n) is 14.5. The van der Waals surface area contributed by atoms with Gasteiger partial charge in [-0.15, -0.1) is 0 Å². The lowest BCUT2D eigenvalue weighted by molar-refractivity contribution is -0.125. The molecule has 1 aliphatic rings. The number of aromatic amines is 1. The summed E-state index contributed by atoms with van der Waals surface area (Å²) in [7, 11) is 1.63. The third-order valence-corrected chi connectivity index (χ3v) is 5.18. The van der Waals surface area contributed by atoms with Crippen LogP contribution in [0.25, 0.3) is 0 Å². The van der Waals surface area contributed by atoms with Gasteiger partial charge in [-0.05, 0) is 18.6 Å². The van der Waals surface area contributed by atoms with E-state index in [2.05, 4.69) is 30.5 Å². The number of aromatic nitrogens is 3. The predicted octanol–water partition coefficient (Wildman–Crippen LogP) is 0.402. The highest BCUT2D eigenvalue weighted by Crippen LogP contribution is 2.21. The van der Waals surface area contributed by atoms with Crippen molar-refractivity contribution < 1.29 is 9.59 Å². The van der Waals surface area contributed by atoms with E-state index in [1.807, 2.05) is 18.2 Å². The van der Waals surface area contributed by atoms with Crippen molar-refractivity contribution in [2.45, 2.75) is 30.1 Å². The van der Waals surface area contributed by atoms with E-state index in [-0.39, 0.29) is 23.9 Å². The number of amides is 2. The van der Waals surface area contributed by atoms with Crippen LogP contribution in [-0.4, -0.2) is 63.1 Å². The number of carbonyl (C=O) groups is 2. The number of carbonyl (C=O) groups excluding carboxylic acids is 2.